The molecule has 156 valence electrons. The highest BCUT2D eigenvalue weighted by Crippen LogP contribution is 2.17. The van der Waals surface area contributed by atoms with Crippen LogP contribution in [0.15, 0.2) is 61.2 Å². The minimum Gasteiger partial charge on any atom is -0.375 e. The van der Waals surface area contributed by atoms with Crippen molar-refractivity contribution in [1.29, 1.82) is 0 Å². The second kappa shape index (κ2) is 10.8. The van der Waals surface area contributed by atoms with E-state index in [0.717, 1.165) is 25.1 Å². The Morgan fingerprint density at radius 3 is 2.34 bits per heavy atom. The number of nitrogens with zero attached hydrogens (tertiary/aromatic N) is 1. The molecule has 1 amide bonds. The number of carbonyl (C=O) groups excluding carboxylic acids is 1. The van der Waals surface area contributed by atoms with Crippen LogP contribution in [0, 0.1) is 0 Å². The molecule has 0 saturated carbocycles. The molecule has 29 heavy (non-hydrogen) atoms. The fourth-order valence-corrected chi connectivity index (χ4v) is 3.84. The van der Waals surface area contributed by atoms with E-state index < -0.39 is 10.0 Å². The molecule has 0 saturated heterocycles. The molecule has 0 bridgehead atoms. The van der Waals surface area contributed by atoms with Gasteiger partial charge in [-0.15, -0.1) is 6.58 Å². The zero-order valence-corrected chi connectivity index (χ0v) is 17.8. The van der Waals surface area contributed by atoms with E-state index >= 15 is 0 Å². The first-order chi connectivity index (χ1) is 13.8. The highest BCUT2D eigenvalue weighted by molar-refractivity contribution is 7.88. The molecule has 2 aromatic carbocycles. The quantitative estimate of drug-likeness (QED) is 0.548. The maximum Gasteiger partial charge on any atom is 0.255 e. The van der Waals surface area contributed by atoms with E-state index in [1.54, 1.807) is 36.4 Å². The summed E-state index contributed by atoms with van der Waals surface area (Å²) in [5.74, 6) is -0.331. The Hall–Kier alpha value is -2.64. The lowest BCUT2D eigenvalue weighted by Gasteiger charge is -2.19. The summed E-state index contributed by atoms with van der Waals surface area (Å²) in [5, 5.41) is 2.83. The van der Waals surface area contributed by atoms with Gasteiger partial charge in [-0.25, -0.2) is 13.1 Å². The van der Waals surface area contributed by atoms with Gasteiger partial charge in [-0.3, -0.25) is 4.79 Å². The summed E-state index contributed by atoms with van der Waals surface area (Å²) in [6.45, 7) is 6.83. The second-order valence-electron chi connectivity index (χ2n) is 6.87. The highest BCUT2D eigenvalue weighted by Gasteiger charge is 2.11. The van der Waals surface area contributed by atoms with Crippen LogP contribution in [-0.2, 0) is 15.8 Å². The Kier molecular flexibility index (Phi) is 8.42. The second-order valence-corrected chi connectivity index (χ2v) is 8.68. The van der Waals surface area contributed by atoms with Gasteiger partial charge in [0.15, 0.2) is 0 Å². The molecule has 7 heteroatoms. The molecule has 2 rings (SSSR count). The van der Waals surface area contributed by atoms with Gasteiger partial charge in [-0.05, 0) is 48.4 Å². The van der Waals surface area contributed by atoms with Gasteiger partial charge in [-0.1, -0.05) is 31.6 Å². The van der Waals surface area contributed by atoms with Crippen molar-refractivity contribution < 1.29 is 13.2 Å². The first-order valence-electron chi connectivity index (χ1n) is 9.64. The summed E-state index contributed by atoms with van der Waals surface area (Å²) in [4.78, 5) is 14.6. The first kappa shape index (κ1) is 22.6. The van der Waals surface area contributed by atoms with Crippen molar-refractivity contribution in [2.45, 2.75) is 25.5 Å². The molecule has 0 spiro atoms. The molecule has 0 aliphatic heterocycles. The molecule has 2 N–H and O–H groups in total. The average Bonchev–Trinajstić information content (AvgIpc) is 2.72. The van der Waals surface area contributed by atoms with Crippen LogP contribution in [0.2, 0.25) is 0 Å². The lowest BCUT2D eigenvalue weighted by molar-refractivity contribution is 0.102. The number of unbranched alkanes of at least 4 members (excludes halogenated alkanes) is 1. The number of nitrogens with one attached hydrogen (secondary N) is 2. The molecular formula is C22H29N3O3S. The lowest BCUT2D eigenvalue weighted by atomic mass is 10.1. The maximum absolute atomic E-state index is 12.5. The van der Waals surface area contributed by atoms with Crippen LogP contribution in [0.5, 0.6) is 0 Å². The van der Waals surface area contributed by atoms with Crippen LogP contribution in [0.1, 0.15) is 35.7 Å². The minimum absolute atomic E-state index is 0.123. The number of anilines is 2. The third kappa shape index (κ3) is 7.36. The van der Waals surface area contributed by atoms with Gasteiger partial charge in [0.25, 0.3) is 5.91 Å². The van der Waals surface area contributed by atoms with Crippen molar-refractivity contribution >= 4 is 27.3 Å². The predicted molar refractivity (Wildman–Crippen MR) is 120 cm³/mol. The fourth-order valence-electron chi connectivity index (χ4n) is 2.74. The van der Waals surface area contributed by atoms with Gasteiger partial charge in [-0.2, -0.15) is 0 Å². The van der Waals surface area contributed by atoms with Crippen molar-refractivity contribution in [3.05, 3.63) is 72.3 Å². The molecule has 0 atom stereocenters. The number of rotatable bonds is 11. The molecule has 0 aliphatic carbocycles. The monoisotopic (exact) mass is 415 g/mol. The number of benzene rings is 2. The molecule has 0 fully saturated rings. The zero-order chi connectivity index (χ0) is 21.3. The summed E-state index contributed by atoms with van der Waals surface area (Å²) in [7, 11) is -1.36. The molecule has 0 radical (unpaired) electrons. The SMILES string of the molecule is C=CCNS(=O)(=O)Cc1ccc(NC(=O)c2ccc(N(C)CCCC)cc2)cc1. The maximum atomic E-state index is 12.5. The minimum atomic E-state index is -3.41. The average molecular weight is 416 g/mol. The van der Waals surface area contributed by atoms with E-state index in [1.165, 1.54) is 6.08 Å². The van der Waals surface area contributed by atoms with Crippen molar-refractivity contribution in [1.82, 2.24) is 4.72 Å². The molecule has 0 aliphatic rings. The van der Waals surface area contributed by atoms with E-state index in [4.69, 9.17) is 0 Å². The molecule has 0 unspecified atom stereocenters. The molecule has 6 nitrogen and oxygen atoms in total. The molecule has 2 aromatic rings. The van der Waals surface area contributed by atoms with Crippen LogP contribution < -0.4 is 14.9 Å². The van der Waals surface area contributed by atoms with Crippen molar-refractivity contribution in [3.63, 3.8) is 0 Å². The standard InChI is InChI=1S/C22H29N3O3S/c1-4-6-16-25(3)21-13-9-19(10-14-21)22(26)24-20-11-7-18(8-12-20)17-29(27,28)23-15-5-2/h5,7-14,23H,2,4,6,15-17H2,1,3H3,(H,24,26). The van der Waals surface area contributed by atoms with E-state index in [9.17, 15) is 13.2 Å². The van der Waals surface area contributed by atoms with Crippen LogP contribution in [0.25, 0.3) is 0 Å². The van der Waals surface area contributed by atoms with E-state index in [2.05, 4.69) is 28.4 Å². The first-order valence-corrected chi connectivity index (χ1v) is 11.3. The number of carbonyl (C=O) groups is 1. The third-order valence-corrected chi connectivity index (χ3v) is 5.75. The predicted octanol–water partition coefficient (Wildman–Crippen LogP) is 3.78. The van der Waals surface area contributed by atoms with E-state index in [-0.39, 0.29) is 18.2 Å². The summed E-state index contributed by atoms with van der Waals surface area (Å²) < 4.78 is 26.2. The number of hydrogen-bond acceptors (Lipinski definition) is 4. The van der Waals surface area contributed by atoms with E-state index in [1.807, 2.05) is 19.2 Å². The Labute approximate surface area is 173 Å². The molecule has 0 heterocycles. The summed E-state index contributed by atoms with van der Waals surface area (Å²) in [6, 6.07) is 14.3. The van der Waals surface area contributed by atoms with Crippen LogP contribution in [-0.4, -0.2) is 34.5 Å². The van der Waals surface area contributed by atoms with E-state index in [0.29, 0.717) is 16.8 Å². The Morgan fingerprint density at radius 2 is 1.76 bits per heavy atom. The Balaban J connectivity index is 1.96. The van der Waals surface area contributed by atoms with Gasteiger partial charge in [0.05, 0.1) is 5.75 Å². The molecular weight excluding hydrogens is 386 g/mol. The van der Waals surface area contributed by atoms with Gasteiger partial charge in [0, 0.05) is 37.1 Å². The number of hydrogen-bond donors (Lipinski definition) is 2. The Bertz CT molecular complexity index is 907. The van der Waals surface area contributed by atoms with Crippen LogP contribution >= 0.6 is 0 Å². The van der Waals surface area contributed by atoms with Crippen LogP contribution in [0.3, 0.4) is 0 Å². The summed E-state index contributed by atoms with van der Waals surface area (Å²) in [6.07, 6.45) is 3.76. The van der Waals surface area contributed by atoms with Gasteiger partial charge < -0.3 is 10.2 Å². The van der Waals surface area contributed by atoms with Crippen LogP contribution in [0.4, 0.5) is 11.4 Å². The number of amides is 1. The normalized spacial score (nSPS) is 11.1. The highest BCUT2D eigenvalue weighted by atomic mass is 32.2. The van der Waals surface area contributed by atoms with Gasteiger partial charge >= 0.3 is 0 Å². The zero-order valence-electron chi connectivity index (χ0n) is 17.0. The van der Waals surface area contributed by atoms with Gasteiger partial charge in [0.2, 0.25) is 10.0 Å². The van der Waals surface area contributed by atoms with Crippen molar-refractivity contribution in [2.24, 2.45) is 0 Å². The smallest absolute Gasteiger partial charge is 0.255 e. The van der Waals surface area contributed by atoms with Crippen molar-refractivity contribution in [3.8, 4) is 0 Å². The number of sulfonamides is 1. The topological polar surface area (TPSA) is 78.5 Å². The summed E-state index contributed by atoms with van der Waals surface area (Å²) in [5.41, 5.74) is 2.89. The molecule has 0 aromatic heterocycles. The Morgan fingerprint density at radius 1 is 1.10 bits per heavy atom. The largest absolute Gasteiger partial charge is 0.375 e. The fraction of sp³-hybridized carbons (Fsp3) is 0.318. The van der Waals surface area contributed by atoms with Crippen molar-refractivity contribution in [2.75, 3.05) is 30.4 Å². The lowest BCUT2D eigenvalue weighted by Crippen LogP contribution is -2.25. The van der Waals surface area contributed by atoms with Gasteiger partial charge in [0.1, 0.15) is 0 Å². The summed E-state index contributed by atoms with van der Waals surface area (Å²) >= 11 is 0. The third-order valence-electron chi connectivity index (χ3n) is 4.43.